The molecule has 0 atom stereocenters. The first-order valence-electron chi connectivity index (χ1n) is 4.78. The number of ether oxygens (including phenoxy) is 1. The molecule has 0 unspecified atom stereocenters. The third-order valence-electron chi connectivity index (χ3n) is 1.83. The average molecular weight is 235 g/mol. The van der Waals surface area contributed by atoms with Crippen LogP contribution in [0.2, 0.25) is 0 Å². The van der Waals surface area contributed by atoms with Crippen molar-refractivity contribution in [1.29, 1.82) is 0 Å². The number of halogens is 3. The predicted octanol–water partition coefficient (Wildman–Crippen LogP) is 1.82. The predicted molar refractivity (Wildman–Crippen MR) is 52.2 cm³/mol. The van der Waals surface area contributed by atoms with E-state index in [-0.39, 0.29) is 12.0 Å². The normalized spacial score (nSPS) is 11.7. The quantitative estimate of drug-likeness (QED) is 0.729. The van der Waals surface area contributed by atoms with E-state index in [1.807, 2.05) is 0 Å². The Balaban J connectivity index is 2.16. The van der Waals surface area contributed by atoms with E-state index in [1.54, 1.807) is 17.0 Å². The lowest BCUT2D eigenvalue weighted by molar-refractivity contribution is -0.174. The van der Waals surface area contributed by atoms with E-state index in [0.717, 1.165) is 0 Å². The number of aryl methyl sites for hydroxylation is 1. The van der Waals surface area contributed by atoms with Crippen LogP contribution in [0.4, 0.5) is 13.2 Å². The van der Waals surface area contributed by atoms with Crippen LogP contribution in [-0.2, 0) is 11.3 Å². The van der Waals surface area contributed by atoms with Gasteiger partial charge < -0.3 is 9.30 Å². The van der Waals surface area contributed by atoms with Gasteiger partial charge in [-0.3, -0.25) is 4.79 Å². The largest absolute Gasteiger partial charge is 0.411 e. The van der Waals surface area contributed by atoms with Crippen LogP contribution in [0.15, 0.2) is 29.3 Å². The van der Waals surface area contributed by atoms with E-state index in [0.29, 0.717) is 13.0 Å². The Hall–Kier alpha value is -1.30. The molecule has 0 aromatic carbocycles. The van der Waals surface area contributed by atoms with Crippen molar-refractivity contribution in [2.75, 3.05) is 13.2 Å². The van der Waals surface area contributed by atoms with Gasteiger partial charge in [0.1, 0.15) is 6.61 Å². The molecule has 0 bridgehead atoms. The molecule has 16 heavy (non-hydrogen) atoms. The van der Waals surface area contributed by atoms with Crippen LogP contribution >= 0.6 is 0 Å². The molecular formula is C10H12F3NO2. The minimum atomic E-state index is -4.27. The van der Waals surface area contributed by atoms with Crippen molar-refractivity contribution in [2.24, 2.45) is 0 Å². The van der Waals surface area contributed by atoms with E-state index in [9.17, 15) is 18.0 Å². The zero-order valence-corrected chi connectivity index (χ0v) is 8.54. The van der Waals surface area contributed by atoms with E-state index in [4.69, 9.17) is 0 Å². The van der Waals surface area contributed by atoms with Crippen molar-refractivity contribution < 1.29 is 17.9 Å². The Morgan fingerprint density at radius 1 is 1.25 bits per heavy atom. The molecule has 0 aliphatic heterocycles. The van der Waals surface area contributed by atoms with Crippen LogP contribution < -0.4 is 5.43 Å². The molecular weight excluding hydrogens is 223 g/mol. The number of alkyl halides is 3. The molecule has 1 aromatic rings. The van der Waals surface area contributed by atoms with Crippen molar-refractivity contribution >= 4 is 0 Å². The molecule has 0 amide bonds. The Morgan fingerprint density at radius 3 is 2.44 bits per heavy atom. The van der Waals surface area contributed by atoms with Gasteiger partial charge in [0.25, 0.3) is 0 Å². The van der Waals surface area contributed by atoms with Crippen molar-refractivity contribution in [3.8, 4) is 0 Å². The van der Waals surface area contributed by atoms with Crippen LogP contribution in [0.3, 0.4) is 0 Å². The molecule has 0 aliphatic carbocycles. The summed E-state index contributed by atoms with van der Waals surface area (Å²) in [5.74, 6) is 0. The van der Waals surface area contributed by atoms with Crippen LogP contribution in [-0.4, -0.2) is 24.0 Å². The fraction of sp³-hybridized carbons (Fsp3) is 0.500. The van der Waals surface area contributed by atoms with Crippen LogP contribution in [0.5, 0.6) is 0 Å². The lowest BCUT2D eigenvalue weighted by atomic mass is 10.4. The number of hydrogen-bond acceptors (Lipinski definition) is 2. The van der Waals surface area contributed by atoms with Gasteiger partial charge in [-0.15, -0.1) is 0 Å². The third kappa shape index (κ3) is 5.55. The first-order chi connectivity index (χ1) is 7.47. The summed E-state index contributed by atoms with van der Waals surface area (Å²) in [4.78, 5) is 10.7. The van der Waals surface area contributed by atoms with Gasteiger partial charge in [0.2, 0.25) is 0 Å². The summed E-state index contributed by atoms with van der Waals surface area (Å²) >= 11 is 0. The number of nitrogens with zero attached hydrogens (tertiary/aromatic N) is 1. The molecule has 6 heteroatoms. The molecule has 1 rings (SSSR count). The van der Waals surface area contributed by atoms with Gasteiger partial charge in [0, 0.05) is 37.7 Å². The zero-order valence-electron chi connectivity index (χ0n) is 8.54. The standard InChI is InChI=1S/C10H12F3NO2/c11-10(12,13)8-16-7-1-4-14-5-2-9(15)3-6-14/h2-3,5-6H,1,4,7-8H2. The highest BCUT2D eigenvalue weighted by Crippen LogP contribution is 2.14. The van der Waals surface area contributed by atoms with Crippen LogP contribution in [0, 0.1) is 0 Å². The lowest BCUT2D eigenvalue weighted by Gasteiger charge is -2.08. The summed E-state index contributed by atoms with van der Waals surface area (Å²) in [6.07, 6.45) is -0.617. The Morgan fingerprint density at radius 2 is 1.88 bits per heavy atom. The van der Waals surface area contributed by atoms with Gasteiger partial charge in [-0.1, -0.05) is 0 Å². The van der Waals surface area contributed by atoms with E-state index in [1.165, 1.54) is 12.1 Å². The Labute approximate surface area is 90.5 Å². The maximum Gasteiger partial charge on any atom is 0.411 e. The summed E-state index contributed by atoms with van der Waals surface area (Å²) in [5.41, 5.74) is -0.0930. The molecule has 0 fully saturated rings. The van der Waals surface area contributed by atoms with E-state index >= 15 is 0 Å². The molecule has 0 spiro atoms. The number of aromatic nitrogens is 1. The number of rotatable bonds is 5. The van der Waals surface area contributed by atoms with Crippen molar-refractivity contribution in [1.82, 2.24) is 4.57 Å². The monoisotopic (exact) mass is 235 g/mol. The second kappa shape index (κ2) is 5.69. The minimum absolute atomic E-state index is 0.0473. The minimum Gasteiger partial charge on any atom is -0.372 e. The summed E-state index contributed by atoms with van der Waals surface area (Å²) in [5, 5.41) is 0. The highest BCUT2D eigenvalue weighted by atomic mass is 19.4. The second-order valence-corrected chi connectivity index (χ2v) is 3.29. The van der Waals surface area contributed by atoms with Crippen molar-refractivity contribution in [3.05, 3.63) is 34.7 Å². The number of hydrogen-bond donors (Lipinski definition) is 0. The molecule has 0 aliphatic rings. The summed E-state index contributed by atoms with van der Waals surface area (Å²) in [6.45, 7) is -0.638. The fourth-order valence-corrected chi connectivity index (χ4v) is 1.13. The topological polar surface area (TPSA) is 31.2 Å². The molecule has 0 radical (unpaired) electrons. The third-order valence-corrected chi connectivity index (χ3v) is 1.83. The van der Waals surface area contributed by atoms with Gasteiger partial charge in [-0.05, 0) is 6.42 Å². The van der Waals surface area contributed by atoms with Crippen LogP contribution in [0.25, 0.3) is 0 Å². The maximum atomic E-state index is 11.7. The second-order valence-electron chi connectivity index (χ2n) is 3.29. The molecule has 90 valence electrons. The smallest absolute Gasteiger partial charge is 0.372 e. The van der Waals surface area contributed by atoms with Crippen LogP contribution in [0.1, 0.15) is 6.42 Å². The highest BCUT2D eigenvalue weighted by molar-refractivity contribution is 4.93. The summed E-state index contributed by atoms with van der Waals surface area (Å²) < 4.78 is 41.2. The van der Waals surface area contributed by atoms with E-state index < -0.39 is 12.8 Å². The van der Waals surface area contributed by atoms with Crippen molar-refractivity contribution in [2.45, 2.75) is 19.1 Å². The van der Waals surface area contributed by atoms with Gasteiger partial charge in [0.15, 0.2) is 5.43 Å². The van der Waals surface area contributed by atoms with Gasteiger partial charge in [-0.2, -0.15) is 13.2 Å². The first-order valence-corrected chi connectivity index (χ1v) is 4.78. The maximum absolute atomic E-state index is 11.7. The molecule has 1 heterocycles. The Kier molecular flexibility index (Phi) is 4.54. The lowest BCUT2D eigenvalue weighted by Crippen LogP contribution is -2.17. The Bertz CT molecular complexity index is 353. The highest BCUT2D eigenvalue weighted by Gasteiger charge is 2.27. The van der Waals surface area contributed by atoms with Gasteiger partial charge in [0.05, 0.1) is 0 Å². The van der Waals surface area contributed by atoms with Crippen molar-refractivity contribution in [3.63, 3.8) is 0 Å². The van der Waals surface area contributed by atoms with Gasteiger partial charge in [-0.25, -0.2) is 0 Å². The zero-order chi connectivity index (χ0) is 12.0. The number of pyridine rings is 1. The molecule has 0 saturated heterocycles. The molecule has 1 aromatic heterocycles. The first kappa shape index (κ1) is 12.8. The molecule has 0 N–H and O–H groups in total. The summed E-state index contributed by atoms with van der Waals surface area (Å²) in [6, 6.07) is 2.80. The van der Waals surface area contributed by atoms with Gasteiger partial charge >= 0.3 is 6.18 Å². The fourth-order valence-electron chi connectivity index (χ4n) is 1.13. The SMILES string of the molecule is O=c1ccn(CCCOCC(F)(F)F)cc1. The average Bonchev–Trinajstić information content (AvgIpc) is 2.19. The summed E-state index contributed by atoms with van der Waals surface area (Å²) in [7, 11) is 0. The molecule has 0 saturated carbocycles. The van der Waals surface area contributed by atoms with E-state index in [2.05, 4.69) is 4.74 Å². The molecule has 3 nitrogen and oxygen atoms in total.